The van der Waals surface area contributed by atoms with E-state index >= 15 is 0 Å². The molecule has 0 bridgehead atoms. The maximum absolute atomic E-state index is 9.99. The first-order chi connectivity index (χ1) is 7.82. The van der Waals surface area contributed by atoms with Gasteiger partial charge < -0.3 is 15.7 Å². The Morgan fingerprint density at radius 1 is 1.29 bits per heavy atom. The zero-order valence-electron chi connectivity index (χ0n) is 11.9. The van der Waals surface area contributed by atoms with Gasteiger partial charge in [0.25, 0.3) is 0 Å². The van der Waals surface area contributed by atoms with Gasteiger partial charge in [0.1, 0.15) is 0 Å². The van der Waals surface area contributed by atoms with E-state index in [4.69, 9.17) is 5.73 Å². The summed E-state index contributed by atoms with van der Waals surface area (Å²) < 4.78 is 0. The van der Waals surface area contributed by atoms with Crippen LogP contribution in [0.3, 0.4) is 0 Å². The van der Waals surface area contributed by atoms with E-state index in [1.165, 1.54) is 12.8 Å². The molecule has 0 aromatic heterocycles. The molecular weight excluding hydrogens is 212 g/mol. The van der Waals surface area contributed by atoms with Crippen molar-refractivity contribution in [1.82, 2.24) is 4.90 Å². The molecule has 0 aromatic carbocycles. The number of nitrogens with two attached hydrogens (primary N) is 1. The van der Waals surface area contributed by atoms with Crippen molar-refractivity contribution >= 4 is 0 Å². The second kappa shape index (κ2) is 6.17. The van der Waals surface area contributed by atoms with Gasteiger partial charge in [-0.1, -0.05) is 33.6 Å². The Morgan fingerprint density at radius 3 is 2.41 bits per heavy atom. The third kappa shape index (κ3) is 4.57. The van der Waals surface area contributed by atoms with Crippen molar-refractivity contribution in [2.45, 2.75) is 71.1 Å². The van der Waals surface area contributed by atoms with E-state index in [1.807, 2.05) is 0 Å². The van der Waals surface area contributed by atoms with Gasteiger partial charge in [-0.2, -0.15) is 0 Å². The second-order valence-electron chi connectivity index (χ2n) is 6.66. The summed E-state index contributed by atoms with van der Waals surface area (Å²) in [6.07, 6.45) is 5.37. The molecule has 1 saturated carbocycles. The van der Waals surface area contributed by atoms with Crippen LogP contribution in [-0.4, -0.2) is 41.8 Å². The molecule has 0 radical (unpaired) electrons. The molecular formula is C14H30N2O. The molecule has 0 aliphatic heterocycles. The fourth-order valence-electron chi connectivity index (χ4n) is 2.55. The predicted molar refractivity (Wildman–Crippen MR) is 72.9 cm³/mol. The van der Waals surface area contributed by atoms with E-state index in [2.05, 4.69) is 32.7 Å². The lowest BCUT2D eigenvalue weighted by atomic mass is 9.85. The van der Waals surface area contributed by atoms with Crippen LogP contribution in [0.15, 0.2) is 0 Å². The molecule has 3 nitrogen and oxygen atoms in total. The standard InChI is InChI=1S/C14H30N2O/c1-14(2,3)13(15)9-10-16(4)11-7-5-6-8-12(11)17/h11-13,17H,5-10,15H2,1-4H3. The lowest BCUT2D eigenvalue weighted by Crippen LogP contribution is -2.46. The number of aliphatic hydroxyl groups is 1. The van der Waals surface area contributed by atoms with Crippen LogP contribution in [0.5, 0.6) is 0 Å². The number of nitrogens with zero attached hydrogens (tertiary/aromatic N) is 1. The molecule has 1 fully saturated rings. The van der Waals surface area contributed by atoms with Crippen molar-refractivity contribution in [2.75, 3.05) is 13.6 Å². The normalized spacial score (nSPS) is 28.4. The van der Waals surface area contributed by atoms with E-state index in [1.54, 1.807) is 0 Å². The predicted octanol–water partition coefficient (Wildman–Crippen LogP) is 1.99. The molecule has 0 spiro atoms. The number of hydrogen-bond acceptors (Lipinski definition) is 3. The average Bonchev–Trinajstić information content (AvgIpc) is 2.24. The highest BCUT2D eigenvalue weighted by molar-refractivity contribution is 4.83. The number of likely N-dealkylation sites (N-methyl/N-ethyl adjacent to an activating group) is 1. The van der Waals surface area contributed by atoms with Crippen LogP contribution in [0, 0.1) is 5.41 Å². The Morgan fingerprint density at radius 2 is 1.88 bits per heavy atom. The largest absolute Gasteiger partial charge is 0.391 e. The van der Waals surface area contributed by atoms with E-state index in [9.17, 15) is 5.11 Å². The minimum absolute atomic E-state index is 0.139. The van der Waals surface area contributed by atoms with Gasteiger partial charge >= 0.3 is 0 Å². The van der Waals surface area contributed by atoms with Crippen molar-refractivity contribution in [1.29, 1.82) is 0 Å². The van der Waals surface area contributed by atoms with Crippen molar-refractivity contribution in [3.8, 4) is 0 Å². The molecule has 102 valence electrons. The summed E-state index contributed by atoms with van der Waals surface area (Å²) in [5.41, 5.74) is 6.35. The molecule has 0 saturated heterocycles. The Bertz CT molecular complexity index is 225. The SMILES string of the molecule is CN(CCC(N)C(C)(C)C)C1CCCCC1O. The summed E-state index contributed by atoms with van der Waals surface area (Å²) in [4.78, 5) is 2.30. The Hall–Kier alpha value is -0.120. The summed E-state index contributed by atoms with van der Waals surface area (Å²) in [6.45, 7) is 7.55. The lowest BCUT2D eigenvalue weighted by Gasteiger charge is -2.36. The summed E-state index contributed by atoms with van der Waals surface area (Å²) in [7, 11) is 2.12. The average molecular weight is 242 g/mol. The fraction of sp³-hybridized carbons (Fsp3) is 1.00. The molecule has 3 unspecified atom stereocenters. The zero-order chi connectivity index (χ0) is 13.1. The minimum atomic E-state index is -0.139. The highest BCUT2D eigenvalue weighted by Crippen LogP contribution is 2.24. The van der Waals surface area contributed by atoms with Gasteiger partial charge in [0.2, 0.25) is 0 Å². The van der Waals surface area contributed by atoms with E-state index < -0.39 is 0 Å². The van der Waals surface area contributed by atoms with Crippen molar-refractivity contribution in [2.24, 2.45) is 11.1 Å². The first kappa shape index (κ1) is 14.9. The smallest absolute Gasteiger partial charge is 0.0695 e. The van der Waals surface area contributed by atoms with Crippen LogP contribution in [0.2, 0.25) is 0 Å². The number of rotatable bonds is 4. The minimum Gasteiger partial charge on any atom is -0.391 e. The highest BCUT2D eigenvalue weighted by atomic mass is 16.3. The fourth-order valence-corrected chi connectivity index (χ4v) is 2.55. The maximum atomic E-state index is 9.99. The first-order valence-electron chi connectivity index (χ1n) is 6.96. The van der Waals surface area contributed by atoms with E-state index in [0.717, 1.165) is 25.8 Å². The Kier molecular flexibility index (Phi) is 5.42. The number of aliphatic hydroxyl groups excluding tert-OH is 1. The molecule has 1 aliphatic rings. The molecule has 1 aliphatic carbocycles. The quantitative estimate of drug-likeness (QED) is 0.792. The number of hydrogen-bond donors (Lipinski definition) is 2. The summed E-state index contributed by atoms with van der Waals surface area (Å²) in [5.74, 6) is 0. The van der Waals surface area contributed by atoms with Crippen LogP contribution in [-0.2, 0) is 0 Å². The topological polar surface area (TPSA) is 49.5 Å². The highest BCUT2D eigenvalue weighted by Gasteiger charge is 2.27. The molecule has 3 atom stereocenters. The van der Waals surface area contributed by atoms with Crippen molar-refractivity contribution in [3.63, 3.8) is 0 Å². The molecule has 3 N–H and O–H groups in total. The third-order valence-electron chi connectivity index (χ3n) is 4.17. The van der Waals surface area contributed by atoms with Crippen molar-refractivity contribution in [3.05, 3.63) is 0 Å². The first-order valence-corrected chi connectivity index (χ1v) is 6.96. The lowest BCUT2D eigenvalue weighted by molar-refractivity contribution is 0.0297. The van der Waals surface area contributed by atoms with Crippen LogP contribution in [0.1, 0.15) is 52.9 Å². The van der Waals surface area contributed by atoms with E-state index in [0.29, 0.717) is 6.04 Å². The van der Waals surface area contributed by atoms with E-state index in [-0.39, 0.29) is 17.6 Å². The van der Waals surface area contributed by atoms with Gasteiger partial charge in [0.15, 0.2) is 0 Å². The van der Waals surface area contributed by atoms with Crippen LogP contribution >= 0.6 is 0 Å². The van der Waals surface area contributed by atoms with Crippen LogP contribution in [0.4, 0.5) is 0 Å². The molecule has 17 heavy (non-hydrogen) atoms. The van der Waals surface area contributed by atoms with Crippen LogP contribution < -0.4 is 5.73 Å². The summed E-state index contributed by atoms with van der Waals surface area (Å²) in [5, 5.41) is 9.99. The van der Waals surface area contributed by atoms with Gasteiger partial charge in [-0.15, -0.1) is 0 Å². The maximum Gasteiger partial charge on any atom is 0.0695 e. The third-order valence-corrected chi connectivity index (χ3v) is 4.17. The van der Waals surface area contributed by atoms with Crippen LogP contribution in [0.25, 0.3) is 0 Å². The van der Waals surface area contributed by atoms with Gasteiger partial charge in [-0.05, 0) is 38.3 Å². The second-order valence-corrected chi connectivity index (χ2v) is 6.66. The molecule has 0 aromatic rings. The van der Waals surface area contributed by atoms with Crippen molar-refractivity contribution < 1.29 is 5.11 Å². The Balaban J connectivity index is 2.36. The Labute approximate surface area is 106 Å². The van der Waals surface area contributed by atoms with Gasteiger partial charge in [-0.3, -0.25) is 0 Å². The monoisotopic (exact) mass is 242 g/mol. The van der Waals surface area contributed by atoms with Gasteiger partial charge in [0, 0.05) is 12.1 Å². The van der Waals surface area contributed by atoms with Gasteiger partial charge in [0.05, 0.1) is 6.10 Å². The molecule has 3 heteroatoms. The zero-order valence-corrected chi connectivity index (χ0v) is 11.9. The molecule has 0 heterocycles. The molecule has 1 rings (SSSR count). The summed E-state index contributed by atoms with van der Waals surface area (Å²) >= 11 is 0. The molecule has 0 amide bonds. The summed E-state index contributed by atoms with van der Waals surface area (Å²) in [6, 6.07) is 0.571. The van der Waals surface area contributed by atoms with Gasteiger partial charge in [-0.25, -0.2) is 0 Å².